The van der Waals surface area contributed by atoms with Gasteiger partial charge < -0.3 is 15.4 Å². The summed E-state index contributed by atoms with van der Waals surface area (Å²) in [6.07, 6.45) is -4.74. The molecule has 24 heavy (non-hydrogen) atoms. The predicted molar refractivity (Wildman–Crippen MR) is 84.9 cm³/mol. The highest BCUT2D eigenvalue weighted by atomic mass is 19.4. The average Bonchev–Trinajstić information content (AvgIpc) is 2.48. The number of carbonyl (C=O) groups excluding carboxylic acids is 1. The third-order valence-electron chi connectivity index (χ3n) is 3.44. The number of aryl methyl sites for hydroxylation is 1. The Labute approximate surface area is 137 Å². The summed E-state index contributed by atoms with van der Waals surface area (Å²) in [6, 6.07) is 10.6. The Bertz CT molecular complexity index is 730. The van der Waals surface area contributed by atoms with Crippen LogP contribution in [0.5, 0.6) is 5.75 Å². The third-order valence-corrected chi connectivity index (χ3v) is 3.44. The lowest BCUT2D eigenvalue weighted by Gasteiger charge is -2.12. The minimum absolute atomic E-state index is 0.0752. The molecule has 2 rings (SSSR count). The minimum Gasteiger partial charge on any atom is -0.406 e. The Morgan fingerprint density at radius 2 is 1.83 bits per heavy atom. The summed E-state index contributed by atoms with van der Waals surface area (Å²) in [5.41, 5.74) is 3.17. The zero-order valence-electron chi connectivity index (χ0n) is 13.2. The number of hydrogen-bond donors (Lipinski definition) is 2. The Balaban J connectivity index is 1.94. The summed E-state index contributed by atoms with van der Waals surface area (Å²) >= 11 is 0. The molecule has 0 saturated carbocycles. The van der Waals surface area contributed by atoms with E-state index in [2.05, 4.69) is 15.4 Å². The molecular formula is C17H17F3N2O2. The number of amides is 2. The second-order valence-electron chi connectivity index (χ2n) is 5.25. The highest BCUT2D eigenvalue weighted by molar-refractivity contribution is 5.90. The normalized spacial score (nSPS) is 11.0. The molecule has 2 aromatic carbocycles. The number of hydrogen-bond acceptors (Lipinski definition) is 2. The van der Waals surface area contributed by atoms with Crippen molar-refractivity contribution in [3.05, 3.63) is 59.2 Å². The Morgan fingerprint density at radius 3 is 2.54 bits per heavy atom. The van der Waals surface area contributed by atoms with Crippen LogP contribution in [0.1, 0.15) is 16.7 Å². The largest absolute Gasteiger partial charge is 0.573 e. The number of anilines is 1. The van der Waals surface area contributed by atoms with Gasteiger partial charge in [0.1, 0.15) is 5.75 Å². The minimum atomic E-state index is -4.74. The number of halogens is 3. The molecule has 128 valence electrons. The molecule has 0 aromatic heterocycles. The summed E-state index contributed by atoms with van der Waals surface area (Å²) in [4.78, 5) is 11.9. The van der Waals surface area contributed by atoms with Gasteiger partial charge in [0.25, 0.3) is 0 Å². The van der Waals surface area contributed by atoms with Gasteiger partial charge in [-0.05, 0) is 48.7 Å². The molecule has 0 bridgehead atoms. The summed E-state index contributed by atoms with van der Waals surface area (Å²) in [7, 11) is 0. The molecule has 0 saturated heterocycles. The van der Waals surface area contributed by atoms with E-state index >= 15 is 0 Å². The van der Waals surface area contributed by atoms with Crippen molar-refractivity contribution in [1.29, 1.82) is 0 Å². The fraction of sp³-hybridized carbons (Fsp3) is 0.235. The molecule has 0 aliphatic heterocycles. The van der Waals surface area contributed by atoms with Crippen LogP contribution in [-0.4, -0.2) is 12.4 Å². The van der Waals surface area contributed by atoms with E-state index in [0.717, 1.165) is 11.1 Å². The Morgan fingerprint density at radius 1 is 1.12 bits per heavy atom. The van der Waals surface area contributed by atoms with Gasteiger partial charge in [-0.2, -0.15) is 0 Å². The smallest absolute Gasteiger partial charge is 0.406 e. The first kappa shape index (κ1) is 17.7. The van der Waals surface area contributed by atoms with Gasteiger partial charge in [0.15, 0.2) is 0 Å². The standard InChI is InChI=1S/C17H17F3N2O2/c1-11-5-3-8-15(12(11)2)22-16(23)21-10-13-6-4-7-14(9-13)24-17(18,19)20/h3-9H,10H2,1-2H3,(H2,21,22,23). The summed E-state index contributed by atoms with van der Waals surface area (Å²) in [6.45, 7) is 3.90. The van der Waals surface area contributed by atoms with E-state index in [1.54, 1.807) is 12.1 Å². The first-order valence-electron chi connectivity index (χ1n) is 7.20. The van der Waals surface area contributed by atoms with Crippen molar-refractivity contribution in [2.24, 2.45) is 0 Å². The fourth-order valence-electron chi connectivity index (χ4n) is 2.09. The molecular weight excluding hydrogens is 321 g/mol. The topological polar surface area (TPSA) is 50.4 Å². The monoisotopic (exact) mass is 338 g/mol. The number of benzene rings is 2. The SMILES string of the molecule is Cc1cccc(NC(=O)NCc2cccc(OC(F)(F)F)c2)c1C. The van der Waals surface area contributed by atoms with Gasteiger partial charge in [0.2, 0.25) is 0 Å². The van der Waals surface area contributed by atoms with Crippen molar-refractivity contribution in [2.75, 3.05) is 5.32 Å². The molecule has 2 amide bonds. The highest BCUT2D eigenvalue weighted by Gasteiger charge is 2.31. The maximum Gasteiger partial charge on any atom is 0.573 e. The quantitative estimate of drug-likeness (QED) is 0.861. The van der Waals surface area contributed by atoms with Gasteiger partial charge in [-0.15, -0.1) is 13.2 Å². The van der Waals surface area contributed by atoms with Crippen LogP contribution in [-0.2, 0) is 6.54 Å². The third kappa shape index (κ3) is 5.19. The van der Waals surface area contributed by atoms with Crippen LogP contribution in [0, 0.1) is 13.8 Å². The second kappa shape index (κ2) is 7.25. The zero-order valence-corrected chi connectivity index (χ0v) is 13.2. The van der Waals surface area contributed by atoms with E-state index in [1.807, 2.05) is 26.0 Å². The van der Waals surface area contributed by atoms with Crippen LogP contribution in [0.4, 0.5) is 23.7 Å². The van der Waals surface area contributed by atoms with Gasteiger partial charge in [-0.3, -0.25) is 0 Å². The Kier molecular flexibility index (Phi) is 5.33. The second-order valence-corrected chi connectivity index (χ2v) is 5.25. The molecule has 0 fully saturated rings. The van der Waals surface area contributed by atoms with Gasteiger partial charge in [-0.25, -0.2) is 4.79 Å². The summed E-state index contributed by atoms with van der Waals surface area (Å²) in [5, 5.41) is 5.31. The first-order valence-corrected chi connectivity index (χ1v) is 7.20. The molecule has 0 unspecified atom stereocenters. The van der Waals surface area contributed by atoms with Crippen LogP contribution >= 0.6 is 0 Å². The van der Waals surface area contributed by atoms with E-state index in [-0.39, 0.29) is 12.3 Å². The van der Waals surface area contributed by atoms with E-state index in [1.165, 1.54) is 18.2 Å². The average molecular weight is 338 g/mol. The number of ether oxygens (including phenoxy) is 1. The predicted octanol–water partition coefficient (Wildman–Crippen LogP) is 4.52. The van der Waals surface area contributed by atoms with Crippen molar-refractivity contribution < 1.29 is 22.7 Å². The molecule has 0 heterocycles. The van der Waals surface area contributed by atoms with E-state index < -0.39 is 12.4 Å². The van der Waals surface area contributed by atoms with E-state index in [0.29, 0.717) is 11.3 Å². The van der Waals surface area contributed by atoms with E-state index in [9.17, 15) is 18.0 Å². The van der Waals surface area contributed by atoms with Crippen molar-refractivity contribution in [3.63, 3.8) is 0 Å². The molecule has 2 N–H and O–H groups in total. The van der Waals surface area contributed by atoms with Crippen LogP contribution in [0.15, 0.2) is 42.5 Å². The van der Waals surface area contributed by atoms with Crippen LogP contribution in [0.2, 0.25) is 0 Å². The molecule has 0 spiro atoms. The molecule has 0 radical (unpaired) electrons. The van der Waals surface area contributed by atoms with Gasteiger partial charge >= 0.3 is 12.4 Å². The van der Waals surface area contributed by atoms with Crippen molar-refractivity contribution in [2.45, 2.75) is 26.8 Å². The maximum absolute atomic E-state index is 12.2. The summed E-state index contributed by atoms with van der Waals surface area (Å²) in [5.74, 6) is -0.322. The maximum atomic E-state index is 12.2. The van der Waals surface area contributed by atoms with Gasteiger partial charge in [-0.1, -0.05) is 24.3 Å². The fourth-order valence-corrected chi connectivity index (χ4v) is 2.09. The molecule has 0 aliphatic carbocycles. The van der Waals surface area contributed by atoms with Gasteiger partial charge in [0, 0.05) is 12.2 Å². The van der Waals surface area contributed by atoms with Crippen LogP contribution in [0.25, 0.3) is 0 Å². The number of carbonyl (C=O) groups is 1. The van der Waals surface area contributed by atoms with Crippen LogP contribution in [0.3, 0.4) is 0 Å². The number of alkyl halides is 3. The molecule has 0 atom stereocenters. The molecule has 2 aromatic rings. The van der Waals surface area contributed by atoms with Crippen molar-refractivity contribution in [1.82, 2.24) is 5.32 Å². The zero-order chi connectivity index (χ0) is 17.7. The molecule has 7 heteroatoms. The number of urea groups is 1. The highest BCUT2D eigenvalue weighted by Crippen LogP contribution is 2.23. The molecule has 0 aliphatic rings. The number of nitrogens with one attached hydrogen (secondary N) is 2. The first-order chi connectivity index (χ1) is 11.2. The lowest BCUT2D eigenvalue weighted by molar-refractivity contribution is -0.274. The summed E-state index contributed by atoms with van der Waals surface area (Å²) < 4.78 is 40.4. The lowest BCUT2D eigenvalue weighted by atomic mass is 10.1. The van der Waals surface area contributed by atoms with Crippen molar-refractivity contribution in [3.8, 4) is 5.75 Å². The number of rotatable bonds is 4. The van der Waals surface area contributed by atoms with E-state index in [4.69, 9.17) is 0 Å². The van der Waals surface area contributed by atoms with Gasteiger partial charge in [0.05, 0.1) is 0 Å². The lowest BCUT2D eigenvalue weighted by Crippen LogP contribution is -2.28. The molecule has 4 nitrogen and oxygen atoms in total. The van der Waals surface area contributed by atoms with Crippen LogP contribution < -0.4 is 15.4 Å². The Hall–Kier alpha value is -2.70. The van der Waals surface area contributed by atoms with Crippen molar-refractivity contribution >= 4 is 11.7 Å².